The van der Waals surface area contributed by atoms with Gasteiger partial charge < -0.3 is 18.2 Å². The molecule has 1 aliphatic carbocycles. The van der Waals surface area contributed by atoms with E-state index in [0.717, 1.165) is 94.0 Å². The van der Waals surface area contributed by atoms with Crippen LogP contribution in [0.2, 0.25) is 0 Å². The van der Waals surface area contributed by atoms with Crippen LogP contribution in [0, 0.1) is 0 Å². The monoisotopic (exact) mass is 707 g/mol. The highest BCUT2D eigenvalue weighted by molar-refractivity contribution is 6.24. The van der Waals surface area contributed by atoms with Gasteiger partial charge in [-0.25, -0.2) is 0 Å². The predicted molar refractivity (Wildman–Crippen MR) is 226 cm³/mol. The molecular weight excluding hydrogens is 675 g/mol. The number of fused-ring (bicyclic) bond motifs is 13. The molecule has 4 heteroatoms. The van der Waals surface area contributed by atoms with Crippen LogP contribution in [0.25, 0.3) is 88.1 Å². The molecular formula is C51H33NO3. The van der Waals surface area contributed by atoms with Crippen molar-refractivity contribution in [1.29, 1.82) is 0 Å². The fourth-order valence-electron chi connectivity index (χ4n) is 9.43. The van der Waals surface area contributed by atoms with Gasteiger partial charge in [0.15, 0.2) is 16.7 Å². The lowest BCUT2D eigenvalue weighted by molar-refractivity contribution is 0.633. The molecule has 8 aromatic carbocycles. The Morgan fingerprint density at radius 3 is 1.82 bits per heavy atom. The molecule has 0 amide bonds. The van der Waals surface area contributed by atoms with Crippen molar-refractivity contribution >= 4 is 82.9 Å². The summed E-state index contributed by atoms with van der Waals surface area (Å²) in [6.07, 6.45) is 0. The zero-order valence-corrected chi connectivity index (χ0v) is 30.3. The standard InChI is InChI=1S/C51H33NO3/c1-51(2)40-22-7-3-16-32(40)35-20-12-23-41(47(35)51)52(42-24-13-21-36-33-17-4-8-25-43(33)53-48(36)42)31-15-11-14-30(28-31)38-29-39-34-18-5-9-26-44(34)54-49(39)50-46(38)37-19-6-10-27-45(37)55-50/h3-29H,1-2H3. The molecule has 0 saturated carbocycles. The highest BCUT2D eigenvalue weighted by Gasteiger charge is 2.39. The van der Waals surface area contributed by atoms with Crippen LogP contribution in [0.15, 0.2) is 177 Å². The third-order valence-electron chi connectivity index (χ3n) is 11.8. The van der Waals surface area contributed by atoms with Crippen molar-refractivity contribution in [2.75, 3.05) is 4.90 Å². The number of para-hydroxylation sites is 4. The Balaban J connectivity index is 1.16. The van der Waals surface area contributed by atoms with Crippen molar-refractivity contribution in [3.05, 3.63) is 175 Å². The second-order valence-electron chi connectivity index (χ2n) is 15.2. The fraction of sp³-hybridized carbons (Fsp3) is 0.0588. The normalized spacial score (nSPS) is 13.4. The quantitative estimate of drug-likeness (QED) is 0.183. The summed E-state index contributed by atoms with van der Waals surface area (Å²) in [6.45, 7) is 4.70. The summed E-state index contributed by atoms with van der Waals surface area (Å²) in [5.74, 6) is 0. The first-order chi connectivity index (χ1) is 27.0. The van der Waals surface area contributed by atoms with Crippen molar-refractivity contribution in [3.8, 4) is 22.3 Å². The van der Waals surface area contributed by atoms with Gasteiger partial charge in [0, 0.05) is 43.4 Å². The van der Waals surface area contributed by atoms with E-state index in [0.29, 0.717) is 0 Å². The van der Waals surface area contributed by atoms with E-state index < -0.39 is 0 Å². The highest BCUT2D eigenvalue weighted by atomic mass is 16.4. The SMILES string of the molecule is CC1(C)c2ccccc2-c2cccc(N(c3cccc(-c4cc5c6ccccc6oc5c5oc6ccccc6c45)c3)c3cccc4c3oc3ccccc34)c21. The van der Waals surface area contributed by atoms with Crippen molar-refractivity contribution in [2.24, 2.45) is 0 Å². The number of hydrogen-bond donors (Lipinski definition) is 0. The Morgan fingerprint density at radius 1 is 0.418 bits per heavy atom. The van der Waals surface area contributed by atoms with Gasteiger partial charge >= 0.3 is 0 Å². The largest absolute Gasteiger partial charge is 0.454 e. The van der Waals surface area contributed by atoms with Gasteiger partial charge in [0.1, 0.15) is 16.7 Å². The van der Waals surface area contributed by atoms with Gasteiger partial charge in [0.25, 0.3) is 0 Å². The number of benzene rings is 8. The highest BCUT2D eigenvalue weighted by Crippen LogP contribution is 2.55. The van der Waals surface area contributed by atoms with Gasteiger partial charge in [0.05, 0.1) is 11.4 Å². The average Bonchev–Trinajstić information content (AvgIpc) is 3.97. The average molecular weight is 708 g/mol. The van der Waals surface area contributed by atoms with Crippen LogP contribution in [0.5, 0.6) is 0 Å². The van der Waals surface area contributed by atoms with Crippen LogP contribution in [-0.4, -0.2) is 0 Å². The van der Waals surface area contributed by atoms with Gasteiger partial charge in [-0.05, 0) is 81.9 Å². The molecule has 4 nitrogen and oxygen atoms in total. The second kappa shape index (κ2) is 11.0. The minimum Gasteiger partial charge on any atom is -0.454 e. The molecule has 11 aromatic rings. The van der Waals surface area contributed by atoms with Crippen LogP contribution < -0.4 is 4.90 Å². The lowest BCUT2D eigenvalue weighted by Crippen LogP contribution is -2.20. The Morgan fingerprint density at radius 2 is 1.00 bits per heavy atom. The van der Waals surface area contributed by atoms with E-state index in [1.807, 2.05) is 30.3 Å². The molecule has 0 unspecified atom stereocenters. The molecule has 1 aliphatic rings. The van der Waals surface area contributed by atoms with E-state index in [2.05, 4.69) is 152 Å². The predicted octanol–water partition coefficient (Wildman–Crippen LogP) is 14.8. The summed E-state index contributed by atoms with van der Waals surface area (Å²) < 4.78 is 19.9. The lowest BCUT2D eigenvalue weighted by atomic mass is 9.81. The maximum atomic E-state index is 6.77. The van der Waals surface area contributed by atoms with Gasteiger partial charge in [-0.1, -0.05) is 129 Å². The van der Waals surface area contributed by atoms with E-state index in [1.54, 1.807) is 0 Å². The fourth-order valence-corrected chi connectivity index (χ4v) is 9.43. The third-order valence-corrected chi connectivity index (χ3v) is 11.8. The van der Waals surface area contributed by atoms with Crippen LogP contribution in [0.3, 0.4) is 0 Å². The molecule has 0 bridgehead atoms. The molecule has 3 heterocycles. The van der Waals surface area contributed by atoms with E-state index in [4.69, 9.17) is 13.3 Å². The van der Waals surface area contributed by atoms with Gasteiger partial charge in [-0.15, -0.1) is 0 Å². The van der Waals surface area contributed by atoms with Crippen molar-refractivity contribution in [3.63, 3.8) is 0 Å². The Labute approximate surface area is 316 Å². The summed E-state index contributed by atoms with van der Waals surface area (Å²) in [4.78, 5) is 2.41. The number of rotatable bonds is 4. The van der Waals surface area contributed by atoms with E-state index in [-0.39, 0.29) is 5.41 Å². The van der Waals surface area contributed by atoms with Crippen LogP contribution >= 0.6 is 0 Å². The Bertz CT molecular complexity index is 3370. The van der Waals surface area contributed by atoms with Gasteiger partial charge in [-0.3, -0.25) is 0 Å². The molecule has 0 saturated heterocycles. The number of anilines is 3. The Kier molecular flexibility index (Phi) is 6.09. The van der Waals surface area contributed by atoms with Crippen LogP contribution in [0.4, 0.5) is 17.1 Å². The maximum Gasteiger partial charge on any atom is 0.179 e. The van der Waals surface area contributed by atoms with Crippen molar-refractivity contribution < 1.29 is 13.3 Å². The molecule has 0 atom stereocenters. The Hall–Kier alpha value is -7.04. The molecule has 0 fully saturated rings. The van der Waals surface area contributed by atoms with Gasteiger partial charge in [0.2, 0.25) is 0 Å². The minimum atomic E-state index is -0.241. The first kappa shape index (κ1) is 30.4. The van der Waals surface area contributed by atoms with Crippen LogP contribution in [0.1, 0.15) is 25.0 Å². The summed E-state index contributed by atoms with van der Waals surface area (Å²) >= 11 is 0. The maximum absolute atomic E-state index is 6.77. The number of nitrogens with zero attached hydrogens (tertiary/aromatic N) is 1. The second-order valence-corrected chi connectivity index (χ2v) is 15.2. The zero-order valence-electron chi connectivity index (χ0n) is 30.3. The van der Waals surface area contributed by atoms with E-state index >= 15 is 0 Å². The zero-order chi connectivity index (χ0) is 36.4. The lowest BCUT2D eigenvalue weighted by Gasteiger charge is -2.32. The van der Waals surface area contributed by atoms with E-state index in [9.17, 15) is 0 Å². The van der Waals surface area contributed by atoms with Crippen LogP contribution in [-0.2, 0) is 5.41 Å². The molecule has 12 rings (SSSR count). The van der Waals surface area contributed by atoms with E-state index in [1.165, 1.54) is 22.3 Å². The summed E-state index contributed by atoms with van der Waals surface area (Å²) in [7, 11) is 0. The number of hydrogen-bond acceptors (Lipinski definition) is 4. The molecule has 0 aliphatic heterocycles. The molecule has 3 aromatic heterocycles. The molecule has 0 N–H and O–H groups in total. The van der Waals surface area contributed by atoms with Crippen molar-refractivity contribution in [1.82, 2.24) is 0 Å². The first-order valence-electron chi connectivity index (χ1n) is 18.8. The summed E-state index contributed by atoms with van der Waals surface area (Å²) in [5.41, 5.74) is 15.2. The van der Waals surface area contributed by atoms with Gasteiger partial charge in [-0.2, -0.15) is 0 Å². The number of furan rings is 3. The smallest absolute Gasteiger partial charge is 0.179 e. The summed E-state index contributed by atoms with van der Waals surface area (Å²) in [5, 5.41) is 6.40. The summed E-state index contributed by atoms with van der Waals surface area (Å²) in [6, 6.07) is 58.1. The molecule has 0 radical (unpaired) electrons. The topological polar surface area (TPSA) is 42.7 Å². The minimum absolute atomic E-state index is 0.241. The molecule has 260 valence electrons. The molecule has 0 spiro atoms. The molecule has 55 heavy (non-hydrogen) atoms. The van der Waals surface area contributed by atoms with Crippen molar-refractivity contribution in [2.45, 2.75) is 19.3 Å². The first-order valence-corrected chi connectivity index (χ1v) is 18.8. The third kappa shape index (κ3) is 4.17.